The fourth-order valence-electron chi connectivity index (χ4n) is 1.19. The average molecular weight is 198 g/mol. The first kappa shape index (κ1) is 10.2. The van der Waals surface area contributed by atoms with Gasteiger partial charge in [-0.25, -0.2) is 4.79 Å². The zero-order valence-electron chi connectivity index (χ0n) is 7.74. The number of aromatic carboxylic acids is 1. The summed E-state index contributed by atoms with van der Waals surface area (Å²) in [7, 11) is 1.32. The predicted octanol–water partition coefficient (Wildman–Crippen LogP) is 1.11. The van der Waals surface area contributed by atoms with Crippen LogP contribution in [0, 0.1) is 6.92 Å². The van der Waals surface area contributed by atoms with Crippen molar-refractivity contribution >= 4 is 5.97 Å². The first-order valence-corrected chi connectivity index (χ1v) is 3.81. The smallest absolute Gasteiger partial charge is 0.339 e. The minimum absolute atomic E-state index is 0.0764. The van der Waals surface area contributed by atoms with Gasteiger partial charge in [0, 0.05) is 11.6 Å². The molecule has 14 heavy (non-hydrogen) atoms. The molecule has 76 valence electrons. The van der Waals surface area contributed by atoms with Gasteiger partial charge in [-0.3, -0.25) is 0 Å². The Labute approximate surface area is 80.2 Å². The van der Waals surface area contributed by atoms with Gasteiger partial charge in [-0.1, -0.05) is 0 Å². The second-order valence-corrected chi connectivity index (χ2v) is 2.76. The van der Waals surface area contributed by atoms with Gasteiger partial charge in [0.05, 0.1) is 7.11 Å². The number of ether oxygens (including phenoxy) is 1. The molecule has 0 saturated carbocycles. The summed E-state index contributed by atoms with van der Waals surface area (Å²) in [6, 6.07) is 0.948. The fourth-order valence-corrected chi connectivity index (χ4v) is 1.19. The molecule has 0 atom stereocenters. The second-order valence-electron chi connectivity index (χ2n) is 2.76. The van der Waals surface area contributed by atoms with Crippen molar-refractivity contribution in [2.75, 3.05) is 7.11 Å². The largest absolute Gasteiger partial charge is 0.507 e. The van der Waals surface area contributed by atoms with Crippen molar-refractivity contribution in [1.82, 2.24) is 0 Å². The van der Waals surface area contributed by atoms with Gasteiger partial charge in [-0.2, -0.15) is 0 Å². The van der Waals surface area contributed by atoms with E-state index in [-0.39, 0.29) is 22.6 Å². The van der Waals surface area contributed by atoms with E-state index in [4.69, 9.17) is 9.84 Å². The van der Waals surface area contributed by atoms with Crippen LogP contribution in [0.15, 0.2) is 6.07 Å². The van der Waals surface area contributed by atoms with E-state index in [1.54, 1.807) is 0 Å². The van der Waals surface area contributed by atoms with E-state index in [2.05, 4.69) is 0 Å². The molecular weight excluding hydrogens is 188 g/mol. The van der Waals surface area contributed by atoms with E-state index in [9.17, 15) is 15.0 Å². The van der Waals surface area contributed by atoms with Crippen LogP contribution in [0.25, 0.3) is 0 Å². The van der Waals surface area contributed by atoms with E-state index in [0.717, 1.165) is 6.07 Å². The van der Waals surface area contributed by atoms with Gasteiger partial charge < -0.3 is 20.1 Å². The molecule has 0 aromatic heterocycles. The van der Waals surface area contributed by atoms with E-state index < -0.39 is 11.7 Å². The molecule has 0 radical (unpaired) electrons. The summed E-state index contributed by atoms with van der Waals surface area (Å²) in [6.45, 7) is 1.46. The predicted molar refractivity (Wildman–Crippen MR) is 48.0 cm³/mol. The SMILES string of the molecule is COc1c(O)cc(C(=O)O)c(O)c1C. The van der Waals surface area contributed by atoms with E-state index in [1.165, 1.54) is 14.0 Å². The van der Waals surface area contributed by atoms with Crippen LogP contribution >= 0.6 is 0 Å². The number of aromatic hydroxyl groups is 2. The zero-order valence-corrected chi connectivity index (χ0v) is 7.74. The molecule has 0 aliphatic heterocycles. The standard InChI is InChI=1S/C9H10O5/c1-4-7(11)5(9(12)13)3-6(10)8(4)14-2/h3,10-11H,1-2H3,(H,12,13). The van der Waals surface area contributed by atoms with Crippen LogP contribution < -0.4 is 4.74 Å². The molecule has 5 nitrogen and oxygen atoms in total. The van der Waals surface area contributed by atoms with Crippen molar-refractivity contribution < 1.29 is 24.9 Å². The maximum Gasteiger partial charge on any atom is 0.339 e. The van der Waals surface area contributed by atoms with Gasteiger partial charge in [-0.15, -0.1) is 0 Å². The van der Waals surface area contributed by atoms with Crippen LogP contribution in [0.2, 0.25) is 0 Å². The molecule has 0 fully saturated rings. The summed E-state index contributed by atoms with van der Waals surface area (Å²) in [4.78, 5) is 10.6. The van der Waals surface area contributed by atoms with Crippen molar-refractivity contribution in [2.24, 2.45) is 0 Å². The molecule has 1 aromatic rings. The molecule has 0 spiro atoms. The number of phenols is 2. The van der Waals surface area contributed by atoms with E-state index >= 15 is 0 Å². The Balaban J connectivity index is 3.47. The molecule has 0 amide bonds. The number of methoxy groups -OCH3 is 1. The summed E-state index contributed by atoms with van der Waals surface area (Å²) >= 11 is 0. The number of hydrogen-bond donors (Lipinski definition) is 3. The normalized spacial score (nSPS) is 9.86. The second kappa shape index (κ2) is 3.45. The van der Waals surface area contributed by atoms with Gasteiger partial charge in [0.2, 0.25) is 0 Å². The van der Waals surface area contributed by atoms with Crippen molar-refractivity contribution in [1.29, 1.82) is 0 Å². The first-order valence-electron chi connectivity index (χ1n) is 3.81. The highest BCUT2D eigenvalue weighted by molar-refractivity contribution is 5.92. The zero-order chi connectivity index (χ0) is 10.9. The summed E-state index contributed by atoms with van der Waals surface area (Å²) in [6.07, 6.45) is 0. The quantitative estimate of drug-likeness (QED) is 0.619. The highest BCUT2D eigenvalue weighted by Gasteiger charge is 2.18. The third-order valence-corrected chi connectivity index (χ3v) is 1.90. The van der Waals surface area contributed by atoms with Gasteiger partial charge in [0.15, 0.2) is 11.5 Å². The van der Waals surface area contributed by atoms with Gasteiger partial charge >= 0.3 is 5.97 Å². The van der Waals surface area contributed by atoms with Crippen molar-refractivity contribution in [3.05, 3.63) is 17.2 Å². The third kappa shape index (κ3) is 1.44. The van der Waals surface area contributed by atoms with E-state index in [1.807, 2.05) is 0 Å². The summed E-state index contributed by atoms with van der Waals surface area (Å²) in [5.41, 5.74) is -0.147. The van der Waals surface area contributed by atoms with Crippen LogP contribution in [-0.2, 0) is 0 Å². The number of hydrogen-bond acceptors (Lipinski definition) is 4. The minimum Gasteiger partial charge on any atom is -0.507 e. The van der Waals surface area contributed by atoms with E-state index in [0.29, 0.717) is 0 Å². The molecule has 0 aliphatic carbocycles. The molecule has 5 heteroatoms. The Morgan fingerprint density at radius 2 is 2.00 bits per heavy atom. The molecule has 0 aliphatic rings. The summed E-state index contributed by atoms with van der Waals surface area (Å²) in [5, 5.41) is 27.4. The number of carbonyl (C=O) groups is 1. The molecule has 0 saturated heterocycles. The number of benzene rings is 1. The maximum atomic E-state index is 10.6. The van der Waals surface area contributed by atoms with Crippen LogP contribution in [0.3, 0.4) is 0 Å². The molecule has 0 bridgehead atoms. The lowest BCUT2D eigenvalue weighted by Crippen LogP contribution is -1.99. The van der Waals surface area contributed by atoms with Crippen molar-refractivity contribution in [2.45, 2.75) is 6.92 Å². The Hall–Kier alpha value is -1.91. The maximum absolute atomic E-state index is 10.6. The molecule has 0 unspecified atom stereocenters. The number of rotatable bonds is 2. The summed E-state index contributed by atoms with van der Waals surface area (Å²) < 4.78 is 4.79. The first-order chi connectivity index (χ1) is 6.49. The molecule has 1 rings (SSSR count). The lowest BCUT2D eigenvalue weighted by molar-refractivity contribution is 0.0693. The van der Waals surface area contributed by atoms with Crippen LogP contribution in [0.1, 0.15) is 15.9 Å². The highest BCUT2D eigenvalue weighted by Crippen LogP contribution is 2.38. The van der Waals surface area contributed by atoms with Crippen LogP contribution in [0.4, 0.5) is 0 Å². The van der Waals surface area contributed by atoms with Crippen LogP contribution in [-0.4, -0.2) is 28.4 Å². The number of carboxylic acid groups (broad SMARTS) is 1. The van der Waals surface area contributed by atoms with Gasteiger partial charge in [0.1, 0.15) is 11.3 Å². The minimum atomic E-state index is -1.30. The summed E-state index contributed by atoms with van der Waals surface area (Å²) in [5.74, 6) is -1.93. The van der Waals surface area contributed by atoms with Gasteiger partial charge in [0.25, 0.3) is 0 Å². The molecular formula is C9H10O5. The monoisotopic (exact) mass is 198 g/mol. The Morgan fingerprint density at radius 1 is 1.43 bits per heavy atom. The van der Waals surface area contributed by atoms with Crippen molar-refractivity contribution in [3.63, 3.8) is 0 Å². The van der Waals surface area contributed by atoms with Crippen molar-refractivity contribution in [3.8, 4) is 17.2 Å². The van der Waals surface area contributed by atoms with Gasteiger partial charge in [-0.05, 0) is 6.92 Å². The fraction of sp³-hybridized carbons (Fsp3) is 0.222. The number of phenolic OH excluding ortho intramolecular Hbond substituents is 1. The molecule has 3 N–H and O–H groups in total. The highest BCUT2D eigenvalue weighted by atomic mass is 16.5. The Bertz CT molecular complexity index is 383. The Kier molecular flexibility index (Phi) is 2.51. The lowest BCUT2D eigenvalue weighted by atomic mass is 10.1. The Morgan fingerprint density at radius 3 is 2.43 bits per heavy atom. The van der Waals surface area contributed by atoms with Crippen LogP contribution in [0.5, 0.6) is 17.2 Å². The number of carboxylic acids is 1. The topological polar surface area (TPSA) is 87.0 Å². The third-order valence-electron chi connectivity index (χ3n) is 1.90. The lowest BCUT2D eigenvalue weighted by Gasteiger charge is -2.10. The molecule has 1 aromatic carbocycles. The average Bonchev–Trinajstić information content (AvgIpc) is 2.12. The molecule has 0 heterocycles.